The monoisotopic (exact) mass is 514 g/mol. The van der Waals surface area contributed by atoms with Crippen LogP contribution in [-0.4, -0.2) is 80.8 Å². The maximum absolute atomic E-state index is 14.2. The Bertz CT molecular complexity index is 819. The van der Waals surface area contributed by atoms with Crippen LogP contribution in [0.1, 0.15) is 51.4 Å². The molecule has 4 aliphatic heterocycles. The Kier molecular flexibility index (Phi) is 6.80. The number of hydrogen-bond acceptors (Lipinski definition) is 6. The molecule has 1 amide bonds. The van der Waals surface area contributed by atoms with Gasteiger partial charge in [-0.05, 0) is 75.7 Å². The first-order valence-corrected chi connectivity index (χ1v) is 14.0. The van der Waals surface area contributed by atoms with Crippen molar-refractivity contribution in [2.24, 2.45) is 40.9 Å². The number of nitrogens with zero attached hydrogens (tertiary/aromatic N) is 2. The van der Waals surface area contributed by atoms with Gasteiger partial charge in [0.15, 0.2) is 0 Å². The molecule has 0 aromatic rings. The van der Waals surface area contributed by atoms with E-state index in [1.165, 1.54) is 0 Å². The first kappa shape index (κ1) is 25.3. The second kappa shape index (κ2) is 9.67. The number of carbonyl (C=O) groups excluding carboxylic acids is 1. The van der Waals surface area contributed by atoms with Crippen molar-refractivity contribution >= 4 is 5.91 Å². The molecular weight excluding hydrogens is 473 g/mol. The van der Waals surface area contributed by atoms with Crippen molar-refractivity contribution in [3.8, 4) is 0 Å². The molecule has 4 heterocycles. The normalized spacial score (nSPS) is 43.6. The molecule has 8 unspecified atom stereocenters. The van der Waals surface area contributed by atoms with E-state index in [4.69, 9.17) is 9.47 Å². The minimum absolute atomic E-state index is 0.0104. The number of amides is 1. The van der Waals surface area contributed by atoms with Crippen LogP contribution in [0, 0.1) is 40.9 Å². The zero-order valence-electron chi connectivity index (χ0n) is 21.3. The summed E-state index contributed by atoms with van der Waals surface area (Å²) in [5.74, 6) is -1.95. The molecule has 6 fully saturated rings. The van der Waals surface area contributed by atoms with E-state index in [1.807, 2.05) is 4.90 Å². The third kappa shape index (κ3) is 4.48. The molecule has 6 rings (SSSR count). The number of hydrazine groups is 1. The number of rotatable bonds is 5. The van der Waals surface area contributed by atoms with E-state index < -0.39 is 23.9 Å². The first-order chi connectivity index (χ1) is 17.2. The van der Waals surface area contributed by atoms with Crippen molar-refractivity contribution < 1.29 is 27.4 Å². The van der Waals surface area contributed by atoms with Crippen LogP contribution in [0.4, 0.5) is 13.2 Å². The molecule has 204 valence electrons. The largest absolute Gasteiger partial charge is 0.392 e. The molecule has 10 heteroatoms. The molecule has 0 radical (unpaired) electrons. The molecule has 0 aromatic heterocycles. The van der Waals surface area contributed by atoms with E-state index >= 15 is 0 Å². The summed E-state index contributed by atoms with van der Waals surface area (Å²) in [6, 6.07) is 0.0499. The highest BCUT2D eigenvalue weighted by Gasteiger charge is 2.59. The second-order valence-corrected chi connectivity index (χ2v) is 12.6. The van der Waals surface area contributed by atoms with Crippen molar-refractivity contribution in [1.82, 2.24) is 20.7 Å². The quantitative estimate of drug-likeness (QED) is 0.588. The van der Waals surface area contributed by atoms with Crippen molar-refractivity contribution in [3.63, 3.8) is 0 Å². The van der Waals surface area contributed by atoms with E-state index in [0.29, 0.717) is 25.6 Å². The molecule has 0 spiro atoms. The molecule has 2 N–H and O–H groups in total. The van der Waals surface area contributed by atoms with Crippen molar-refractivity contribution in [2.75, 3.05) is 46.7 Å². The summed E-state index contributed by atoms with van der Waals surface area (Å²) in [4.78, 5) is 17.9. The van der Waals surface area contributed by atoms with Gasteiger partial charge in [-0.15, -0.1) is 0 Å². The van der Waals surface area contributed by atoms with Crippen LogP contribution in [0.15, 0.2) is 0 Å². The summed E-state index contributed by atoms with van der Waals surface area (Å²) >= 11 is 0. The topological polar surface area (TPSA) is 66.1 Å². The number of ether oxygens (including phenoxy) is 2. The van der Waals surface area contributed by atoms with Gasteiger partial charge in [-0.1, -0.05) is 6.42 Å². The van der Waals surface area contributed by atoms with Gasteiger partial charge in [-0.2, -0.15) is 13.2 Å². The Morgan fingerprint density at radius 2 is 1.92 bits per heavy atom. The van der Waals surface area contributed by atoms with Gasteiger partial charge in [0.1, 0.15) is 0 Å². The van der Waals surface area contributed by atoms with Crippen molar-refractivity contribution in [2.45, 2.75) is 69.8 Å². The lowest BCUT2D eigenvalue weighted by Gasteiger charge is -2.52. The van der Waals surface area contributed by atoms with Gasteiger partial charge in [0, 0.05) is 37.1 Å². The highest BCUT2D eigenvalue weighted by molar-refractivity contribution is 5.82. The zero-order valence-corrected chi connectivity index (χ0v) is 21.3. The molecule has 4 saturated heterocycles. The molecule has 2 aliphatic carbocycles. The number of carbonyl (C=O) groups is 1. The number of hydrogen-bond donors (Lipinski definition) is 2. The second-order valence-electron chi connectivity index (χ2n) is 12.6. The zero-order chi connectivity index (χ0) is 25.1. The number of likely N-dealkylation sites (tertiary alicyclic amines) is 1. The van der Waals surface area contributed by atoms with Crippen LogP contribution < -0.4 is 10.9 Å². The van der Waals surface area contributed by atoms with Gasteiger partial charge in [0.25, 0.3) is 0 Å². The average Bonchev–Trinajstić information content (AvgIpc) is 3.57. The van der Waals surface area contributed by atoms with Gasteiger partial charge in [0.2, 0.25) is 5.91 Å². The van der Waals surface area contributed by atoms with Gasteiger partial charge in [-0.3, -0.25) is 9.69 Å². The molecule has 0 bridgehead atoms. The maximum Gasteiger partial charge on any atom is 0.392 e. The predicted octanol–water partition coefficient (Wildman–Crippen LogP) is 2.97. The smallest absolute Gasteiger partial charge is 0.381 e. The number of nitrogens with one attached hydrogen (secondary N) is 2. The molecule has 2 saturated carbocycles. The van der Waals surface area contributed by atoms with E-state index in [1.54, 1.807) is 0 Å². The third-order valence-electron chi connectivity index (χ3n) is 10.7. The standard InChI is InChI=1S/C26H41F3N4O3/c1-32-15-30-31-23(32)10-25(13-36-14-25)18-3-2-4-19(9-18)33-11-21-20(24(33)34)7-17(16-5-6-35-12-16)8-22(21)26(27,28)29/h16-23,30-31H,2-15H2,1H3. The van der Waals surface area contributed by atoms with E-state index in [9.17, 15) is 18.0 Å². The molecule has 0 aromatic carbocycles. The highest BCUT2D eigenvalue weighted by atomic mass is 19.4. The Labute approximate surface area is 211 Å². The Morgan fingerprint density at radius 1 is 1.08 bits per heavy atom. The lowest BCUT2D eigenvalue weighted by Crippen LogP contribution is -2.56. The molecule has 7 nitrogen and oxygen atoms in total. The SMILES string of the molecule is CN1CNNC1CC1(C2CCCC(N3CC4C(CC(C5CCOC5)CC4C(F)(F)F)C3=O)C2)COC1. The van der Waals surface area contributed by atoms with Crippen LogP contribution in [0.25, 0.3) is 0 Å². The summed E-state index contributed by atoms with van der Waals surface area (Å²) in [7, 11) is 2.10. The summed E-state index contributed by atoms with van der Waals surface area (Å²) in [6.45, 7) is 3.71. The Balaban J connectivity index is 1.17. The predicted molar refractivity (Wildman–Crippen MR) is 126 cm³/mol. The molecular formula is C26H41F3N4O3. The van der Waals surface area contributed by atoms with E-state index in [2.05, 4.69) is 22.8 Å². The van der Waals surface area contributed by atoms with Gasteiger partial charge in [0.05, 0.1) is 32.0 Å². The van der Waals surface area contributed by atoms with Gasteiger partial charge >= 0.3 is 6.18 Å². The molecule has 8 atom stereocenters. The summed E-state index contributed by atoms with van der Waals surface area (Å²) in [5.41, 5.74) is 6.65. The average molecular weight is 515 g/mol. The molecule has 36 heavy (non-hydrogen) atoms. The fourth-order valence-corrected chi connectivity index (χ4v) is 8.45. The van der Waals surface area contributed by atoms with Gasteiger partial charge < -0.3 is 14.4 Å². The Hall–Kier alpha value is -0.940. The van der Waals surface area contributed by atoms with Crippen LogP contribution in [-0.2, 0) is 14.3 Å². The third-order valence-corrected chi connectivity index (χ3v) is 10.7. The number of alkyl halides is 3. The van der Waals surface area contributed by atoms with Crippen LogP contribution in [0.2, 0.25) is 0 Å². The van der Waals surface area contributed by atoms with Crippen LogP contribution in [0.5, 0.6) is 0 Å². The highest BCUT2D eigenvalue weighted by Crippen LogP contribution is 2.54. The van der Waals surface area contributed by atoms with Crippen molar-refractivity contribution in [3.05, 3.63) is 0 Å². The van der Waals surface area contributed by atoms with Crippen LogP contribution >= 0.6 is 0 Å². The Morgan fingerprint density at radius 3 is 2.56 bits per heavy atom. The summed E-state index contributed by atoms with van der Waals surface area (Å²) in [5, 5.41) is 0. The van der Waals surface area contributed by atoms with Crippen LogP contribution in [0.3, 0.4) is 0 Å². The lowest BCUT2D eigenvalue weighted by atomic mass is 9.64. The fourth-order valence-electron chi connectivity index (χ4n) is 8.45. The minimum Gasteiger partial charge on any atom is -0.381 e. The maximum atomic E-state index is 14.2. The lowest BCUT2D eigenvalue weighted by molar-refractivity contribution is -0.205. The van der Waals surface area contributed by atoms with E-state index in [-0.39, 0.29) is 48.3 Å². The fraction of sp³-hybridized carbons (Fsp3) is 0.962. The van der Waals surface area contributed by atoms with Crippen molar-refractivity contribution in [1.29, 1.82) is 0 Å². The van der Waals surface area contributed by atoms with E-state index in [0.717, 1.165) is 58.4 Å². The minimum atomic E-state index is -4.26. The summed E-state index contributed by atoms with van der Waals surface area (Å²) in [6.07, 6.45) is 2.45. The summed E-state index contributed by atoms with van der Waals surface area (Å²) < 4.78 is 54.0. The van der Waals surface area contributed by atoms with Gasteiger partial charge in [-0.25, -0.2) is 10.9 Å². The number of halogens is 3. The first-order valence-electron chi connectivity index (χ1n) is 14.0. The molecule has 6 aliphatic rings. The number of fused-ring (bicyclic) bond motifs is 1.